The molecule has 176 valence electrons. The number of piperazine rings is 1. The quantitative estimate of drug-likeness (QED) is 0.555. The highest BCUT2D eigenvalue weighted by molar-refractivity contribution is 7.92. The Morgan fingerprint density at radius 3 is 2.29 bits per heavy atom. The molecule has 5 rings (SSSR count). The topological polar surface area (TPSA) is 78.0 Å². The number of fused-ring (bicyclic) bond motifs is 1. The Morgan fingerprint density at radius 2 is 1.59 bits per heavy atom. The van der Waals surface area contributed by atoms with Crippen molar-refractivity contribution in [3.05, 3.63) is 82.0 Å². The molecule has 0 bridgehead atoms. The normalized spacial score (nSPS) is 18.1. The summed E-state index contributed by atoms with van der Waals surface area (Å²) in [6, 6.07) is 17.2. The van der Waals surface area contributed by atoms with Gasteiger partial charge in [0, 0.05) is 37.8 Å². The van der Waals surface area contributed by atoms with Gasteiger partial charge in [0.1, 0.15) is 0 Å². The molecule has 1 aromatic heterocycles. The lowest BCUT2D eigenvalue weighted by Gasteiger charge is -2.34. The van der Waals surface area contributed by atoms with Crippen LogP contribution < -0.4 is 4.31 Å². The monoisotopic (exact) mass is 495 g/mol. The van der Waals surface area contributed by atoms with E-state index >= 15 is 0 Å². The number of sulfonamides is 1. The number of rotatable bonds is 4. The molecule has 0 spiro atoms. The van der Waals surface area contributed by atoms with Crippen molar-refractivity contribution in [2.75, 3.05) is 30.5 Å². The lowest BCUT2D eigenvalue weighted by Crippen LogP contribution is -2.50. The lowest BCUT2D eigenvalue weighted by molar-refractivity contribution is 0.0538. The predicted octanol–water partition coefficient (Wildman–Crippen LogP) is 3.49. The zero-order chi connectivity index (χ0) is 23.9. The van der Waals surface area contributed by atoms with Gasteiger partial charge in [0.2, 0.25) is 0 Å². The fourth-order valence-corrected chi connectivity index (χ4v) is 7.09. The average molecular weight is 496 g/mol. The summed E-state index contributed by atoms with van der Waals surface area (Å²) in [5.41, 5.74) is 2.03. The van der Waals surface area contributed by atoms with Gasteiger partial charge in [-0.3, -0.25) is 13.9 Å². The highest BCUT2D eigenvalue weighted by Crippen LogP contribution is 2.36. The first-order valence-corrected chi connectivity index (χ1v) is 13.5. The van der Waals surface area contributed by atoms with E-state index < -0.39 is 10.0 Å². The summed E-state index contributed by atoms with van der Waals surface area (Å²) in [4.78, 5) is 30.0. The largest absolute Gasteiger partial charge is 0.335 e. The number of benzene rings is 2. The van der Waals surface area contributed by atoms with Gasteiger partial charge in [0.25, 0.3) is 21.8 Å². The molecule has 9 heteroatoms. The number of carbonyl (C=O) groups excluding carboxylic acids is 2. The molecule has 7 nitrogen and oxygen atoms in total. The number of thiophene rings is 1. The Labute approximate surface area is 203 Å². The summed E-state index contributed by atoms with van der Waals surface area (Å²) in [5, 5.41) is 1.87. The summed E-state index contributed by atoms with van der Waals surface area (Å²) in [6.45, 7) is 3.60. The summed E-state index contributed by atoms with van der Waals surface area (Å²) in [6.07, 6.45) is 0.655. The molecule has 2 amide bonds. The number of carbonyl (C=O) groups is 2. The highest BCUT2D eigenvalue weighted by atomic mass is 32.2. The second-order valence-corrected chi connectivity index (χ2v) is 11.3. The van der Waals surface area contributed by atoms with Crippen LogP contribution in [0, 0.1) is 0 Å². The van der Waals surface area contributed by atoms with E-state index in [1.165, 1.54) is 27.8 Å². The third-order valence-corrected chi connectivity index (χ3v) is 9.15. The molecule has 1 atom stereocenters. The van der Waals surface area contributed by atoms with Crippen molar-refractivity contribution in [1.29, 1.82) is 0 Å². The SMILES string of the molecule is CC1Cc2ccccc2N1S(=O)(=O)c1cccc(C(=O)N2CCN(C(=O)c3cccs3)CC2)c1. The van der Waals surface area contributed by atoms with Crippen molar-refractivity contribution in [2.24, 2.45) is 0 Å². The van der Waals surface area contributed by atoms with Crippen molar-refractivity contribution in [3.63, 3.8) is 0 Å². The van der Waals surface area contributed by atoms with Crippen LogP contribution in [0.2, 0.25) is 0 Å². The summed E-state index contributed by atoms with van der Waals surface area (Å²) in [5.74, 6) is -0.245. The van der Waals surface area contributed by atoms with Gasteiger partial charge < -0.3 is 9.80 Å². The Hall–Kier alpha value is -3.17. The molecule has 0 saturated carbocycles. The molecule has 1 fully saturated rings. The smallest absolute Gasteiger partial charge is 0.264 e. The van der Waals surface area contributed by atoms with E-state index in [2.05, 4.69) is 0 Å². The Bertz CT molecular complexity index is 1330. The molecule has 0 aliphatic carbocycles. The van der Waals surface area contributed by atoms with Gasteiger partial charge in [0.05, 0.1) is 15.5 Å². The van der Waals surface area contributed by atoms with Crippen LogP contribution in [-0.2, 0) is 16.4 Å². The predicted molar refractivity (Wildman–Crippen MR) is 132 cm³/mol. The molecular formula is C25H25N3O4S2. The van der Waals surface area contributed by atoms with Crippen LogP contribution >= 0.6 is 11.3 Å². The second-order valence-electron chi connectivity index (χ2n) is 8.57. The third-order valence-electron chi connectivity index (χ3n) is 6.37. The van der Waals surface area contributed by atoms with Gasteiger partial charge in [-0.15, -0.1) is 11.3 Å². The molecule has 34 heavy (non-hydrogen) atoms. The maximum absolute atomic E-state index is 13.5. The van der Waals surface area contributed by atoms with Crippen LogP contribution in [0.1, 0.15) is 32.5 Å². The van der Waals surface area contributed by atoms with Crippen molar-refractivity contribution in [3.8, 4) is 0 Å². The fraction of sp³-hybridized carbons (Fsp3) is 0.280. The van der Waals surface area contributed by atoms with Gasteiger partial charge >= 0.3 is 0 Å². The van der Waals surface area contributed by atoms with Crippen LogP contribution in [-0.4, -0.2) is 62.3 Å². The Kier molecular flexibility index (Phi) is 5.91. The number of anilines is 1. The number of nitrogens with zero attached hydrogens (tertiary/aromatic N) is 3. The van der Waals surface area contributed by atoms with Crippen molar-refractivity contribution in [1.82, 2.24) is 9.80 Å². The number of amides is 2. The van der Waals surface area contributed by atoms with Crippen LogP contribution in [0.15, 0.2) is 70.9 Å². The van der Waals surface area contributed by atoms with Crippen LogP contribution in [0.25, 0.3) is 0 Å². The van der Waals surface area contributed by atoms with E-state index in [0.717, 1.165) is 5.56 Å². The van der Waals surface area contributed by atoms with E-state index in [0.29, 0.717) is 48.7 Å². The van der Waals surface area contributed by atoms with E-state index in [9.17, 15) is 18.0 Å². The lowest BCUT2D eigenvalue weighted by atomic mass is 10.1. The minimum absolute atomic E-state index is 0.0183. The van der Waals surface area contributed by atoms with Gasteiger partial charge in [-0.25, -0.2) is 8.42 Å². The van der Waals surface area contributed by atoms with Crippen LogP contribution in [0.3, 0.4) is 0 Å². The molecule has 3 aromatic rings. The molecule has 1 saturated heterocycles. The molecule has 3 heterocycles. The first-order chi connectivity index (χ1) is 16.4. The summed E-state index contributed by atoms with van der Waals surface area (Å²) >= 11 is 1.41. The zero-order valence-corrected chi connectivity index (χ0v) is 20.4. The van der Waals surface area contributed by atoms with E-state index in [4.69, 9.17) is 0 Å². The first-order valence-electron chi connectivity index (χ1n) is 11.2. The Balaban J connectivity index is 1.33. The van der Waals surface area contributed by atoms with Crippen molar-refractivity contribution >= 4 is 38.9 Å². The maximum Gasteiger partial charge on any atom is 0.264 e. The molecule has 0 radical (unpaired) electrons. The summed E-state index contributed by atoms with van der Waals surface area (Å²) < 4.78 is 28.6. The zero-order valence-electron chi connectivity index (χ0n) is 18.8. The standard InChI is InChI=1S/C25H25N3O4S2/c1-18-16-19-6-2-3-9-22(19)28(18)34(31,32)21-8-4-7-20(17-21)24(29)26-11-13-27(14-12-26)25(30)23-10-5-15-33-23/h2-10,15,17-18H,11-14,16H2,1H3. The summed E-state index contributed by atoms with van der Waals surface area (Å²) in [7, 11) is -3.82. The number of hydrogen-bond acceptors (Lipinski definition) is 5. The van der Waals surface area contributed by atoms with Gasteiger partial charge in [-0.05, 0) is 54.6 Å². The third kappa shape index (κ3) is 3.99. The minimum atomic E-state index is -3.82. The molecular weight excluding hydrogens is 470 g/mol. The van der Waals surface area contributed by atoms with E-state index in [-0.39, 0.29) is 22.8 Å². The number of hydrogen-bond donors (Lipinski definition) is 0. The maximum atomic E-state index is 13.5. The van der Waals surface area contributed by atoms with Crippen molar-refractivity contribution in [2.45, 2.75) is 24.3 Å². The van der Waals surface area contributed by atoms with Gasteiger partial charge in [-0.2, -0.15) is 0 Å². The molecule has 0 N–H and O–H groups in total. The fourth-order valence-electron chi connectivity index (χ4n) is 4.66. The molecule has 2 aliphatic rings. The van der Waals surface area contributed by atoms with Gasteiger partial charge in [0.15, 0.2) is 0 Å². The average Bonchev–Trinajstić information content (AvgIpc) is 3.51. The molecule has 2 aromatic carbocycles. The molecule has 1 unspecified atom stereocenters. The second kappa shape index (κ2) is 8.88. The van der Waals surface area contributed by atoms with E-state index in [1.807, 2.05) is 42.6 Å². The Morgan fingerprint density at radius 1 is 0.882 bits per heavy atom. The van der Waals surface area contributed by atoms with Crippen LogP contribution in [0.4, 0.5) is 5.69 Å². The highest BCUT2D eigenvalue weighted by Gasteiger charge is 2.36. The van der Waals surface area contributed by atoms with E-state index in [1.54, 1.807) is 28.0 Å². The van der Waals surface area contributed by atoms with Crippen LogP contribution in [0.5, 0.6) is 0 Å². The van der Waals surface area contributed by atoms with Crippen molar-refractivity contribution < 1.29 is 18.0 Å². The first kappa shape index (κ1) is 22.6. The minimum Gasteiger partial charge on any atom is -0.335 e. The van der Waals surface area contributed by atoms with Gasteiger partial charge in [-0.1, -0.05) is 30.3 Å². The number of para-hydroxylation sites is 1. The molecule has 2 aliphatic heterocycles.